The van der Waals surface area contributed by atoms with Crippen LogP contribution < -0.4 is 5.32 Å². The van der Waals surface area contributed by atoms with Crippen LogP contribution in [0.1, 0.15) is 31.1 Å². The Kier molecular flexibility index (Phi) is 5.04. The molecule has 0 fully saturated rings. The number of hydrogen-bond acceptors (Lipinski definition) is 4. The van der Waals surface area contributed by atoms with Gasteiger partial charge in [0.25, 0.3) is 11.6 Å². The SMILES string of the molecule is CC(C)(C)C1=CC(=O)NC2=CC(=NC(=O)c3cc([N+](=O)[O-])ccc3Cl)C=CC21. The molecular formula is C20H18ClN3O4. The second-order valence-corrected chi connectivity index (χ2v) is 7.95. The van der Waals surface area contributed by atoms with Gasteiger partial charge in [-0.1, -0.05) is 38.4 Å². The standard InChI is InChI=1S/C20H18ClN3O4/c1-20(2,3)15-10-18(25)23-17-8-11(4-6-13(15)17)22-19(26)14-9-12(24(27)28)5-7-16(14)21/h4-10,13H,1-3H3,(H,23,25). The highest BCUT2D eigenvalue weighted by molar-refractivity contribution is 6.34. The Morgan fingerprint density at radius 1 is 1.29 bits per heavy atom. The molecule has 1 aliphatic carbocycles. The first kappa shape index (κ1) is 19.7. The number of amides is 2. The van der Waals surface area contributed by atoms with E-state index in [1.54, 1.807) is 18.2 Å². The fourth-order valence-electron chi connectivity index (χ4n) is 3.11. The molecule has 0 spiro atoms. The molecule has 1 aromatic rings. The zero-order chi connectivity index (χ0) is 20.6. The Bertz CT molecular complexity index is 1010. The van der Waals surface area contributed by atoms with E-state index in [-0.39, 0.29) is 33.5 Å². The average molecular weight is 400 g/mol. The molecule has 1 atom stereocenters. The molecule has 1 aromatic carbocycles. The molecule has 1 unspecified atom stereocenters. The van der Waals surface area contributed by atoms with Crippen molar-refractivity contribution >= 4 is 34.8 Å². The highest BCUT2D eigenvalue weighted by Crippen LogP contribution is 2.38. The number of nitro benzene ring substituents is 1. The maximum absolute atomic E-state index is 12.5. The van der Waals surface area contributed by atoms with Crippen molar-refractivity contribution in [2.75, 3.05) is 0 Å². The Morgan fingerprint density at radius 3 is 2.64 bits per heavy atom. The Labute approximate surface area is 166 Å². The predicted octanol–water partition coefficient (Wildman–Crippen LogP) is 4.00. The van der Waals surface area contributed by atoms with Crippen LogP contribution in [0.15, 0.2) is 58.8 Å². The quantitative estimate of drug-likeness (QED) is 0.599. The van der Waals surface area contributed by atoms with Gasteiger partial charge in [-0.25, -0.2) is 4.99 Å². The molecule has 2 amide bonds. The topological polar surface area (TPSA) is 102 Å². The molecule has 0 bridgehead atoms. The maximum Gasteiger partial charge on any atom is 0.279 e. The first-order valence-electron chi connectivity index (χ1n) is 8.56. The van der Waals surface area contributed by atoms with Crippen LogP contribution in [0.25, 0.3) is 0 Å². The minimum atomic E-state index is -0.697. The summed E-state index contributed by atoms with van der Waals surface area (Å²) >= 11 is 6.00. The summed E-state index contributed by atoms with van der Waals surface area (Å²) in [5.41, 5.74) is 1.43. The Balaban J connectivity index is 1.93. The highest BCUT2D eigenvalue weighted by atomic mass is 35.5. The van der Waals surface area contributed by atoms with Crippen LogP contribution in [-0.4, -0.2) is 22.4 Å². The van der Waals surface area contributed by atoms with Gasteiger partial charge in [0.2, 0.25) is 5.91 Å². The third-order valence-corrected chi connectivity index (χ3v) is 4.80. The zero-order valence-corrected chi connectivity index (χ0v) is 16.3. The molecule has 144 valence electrons. The van der Waals surface area contributed by atoms with E-state index in [0.717, 1.165) is 11.6 Å². The molecule has 7 nitrogen and oxygen atoms in total. The monoisotopic (exact) mass is 399 g/mol. The molecule has 28 heavy (non-hydrogen) atoms. The zero-order valence-electron chi connectivity index (χ0n) is 15.5. The van der Waals surface area contributed by atoms with E-state index in [1.165, 1.54) is 12.1 Å². The van der Waals surface area contributed by atoms with E-state index in [4.69, 9.17) is 11.6 Å². The van der Waals surface area contributed by atoms with E-state index >= 15 is 0 Å². The first-order chi connectivity index (χ1) is 13.1. The number of non-ortho nitro benzene ring substituents is 1. The van der Waals surface area contributed by atoms with Gasteiger partial charge in [0.1, 0.15) is 0 Å². The lowest BCUT2D eigenvalue weighted by molar-refractivity contribution is -0.384. The highest BCUT2D eigenvalue weighted by Gasteiger charge is 2.32. The van der Waals surface area contributed by atoms with Crippen molar-refractivity contribution in [2.24, 2.45) is 16.3 Å². The number of nitrogens with one attached hydrogen (secondary N) is 1. The fraction of sp³-hybridized carbons (Fsp3) is 0.250. The molecule has 0 radical (unpaired) electrons. The van der Waals surface area contributed by atoms with Gasteiger partial charge in [-0.3, -0.25) is 19.7 Å². The minimum Gasteiger partial charge on any atom is -0.325 e. The van der Waals surface area contributed by atoms with Gasteiger partial charge in [-0.2, -0.15) is 0 Å². The van der Waals surface area contributed by atoms with Crippen molar-refractivity contribution in [3.05, 3.63) is 74.5 Å². The summed E-state index contributed by atoms with van der Waals surface area (Å²) in [6.07, 6.45) is 6.79. The molecule has 0 aromatic heterocycles. The number of nitrogens with zero attached hydrogens (tertiary/aromatic N) is 2. The van der Waals surface area contributed by atoms with Gasteiger partial charge in [-0.15, -0.1) is 0 Å². The number of carbonyl (C=O) groups is 2. The summed E-state index contributed by atoms with van der Waals surface area (Å²) in [5, 5.41) is 13.8. The Morgan fingerprint density at radius 2 is 2.00 bits per heavy atom. The summed E-state index contributed by atoms with van der Waals surface area (Å²) < 4.78 is 0. The van der Waals surface area contributed by atoms with Crippen LogP contribution in [0.5, 0.6) is 0 Å². The molecule has 0 saturated heterocycles. The number of fused-ring (bicyclic) bond motifs is 1. The summed E-state index contributed by atoms with van der Waals surface area (Å²) in [7, 11) is 0. The van der Waals surface area contributed by atoms with Crippen LogP contribution in [-0.2, 0) is 4.79 Å². The van der Waals surface area contributed by atoms with Gasteiger partial charge < -0.3 is 5.32 Å². The van der Waals surface area contributed by atoms with Gasteiger partial charge in [-0.05, 0) is 29.2 Å². The van der Waals surface area contributed by atoms with Gasteiger partial charge in [0, 0.05) is 29.8 Å². The number of halogens is 1. The molecule has 8 heteroatoms. The number of benzene rings is 1. The number of allylic oxidation sites excluding steroid dienone is 3. The van der Waals surface area contributed by atoms with Crippen molar-refractivity contribution in [1.29, 1.82) is 0 Å². The van der Waals surface area contributed by atoms with Gasteiger partial charge >= 0.3 is 0 Å². The third-order valence-electron chi connectivity index (χ3n) is 4.47. The molecule has 1 N–H and O–H groups in total. The summed E-state index contributed by atoms with van der Waals surface area (Å²) in [5.74, 6) is -1.03. The van der Waals surface area contributed by atoms with Crippen LogP contribution >= 0.6 is 11.6 Å². The smallest absolute Gasteiger partial charge is 0.279 e. The molecule has 0 saturated carbocycles. The van der Waals surface area contributed by atoms with Gasteiger partial charge in [0.05, 0.1) is 21.2 Å². The lowest BCUT2D eigenvalue weighted by Gasteiger charge is -2.34. The van der Waals surface area contributed by atoms with E-state index in [2.05, 4.69) is 10.3 Å². The van der Waals surface area contributed by atoms with Crippen LogP contribution in [0.3, 0.4) is 0 Å². The molecular weight excluding hydrogens is 382 g/mol. The van der Waals surface area contributed by atoms with Crippen LogP contribution in [0.2, 0.25) is 5.02 Å². The Hall–Kier alpha value is -3.06. The van der Waals surface area contributed by atoms with Crippen LogP contribution in [0.4, 0.5) is 5.69 Å². The van der Waals surface area contributed by atoms with E-state index in [0.29, 0.717) is 11.4 Å². The van der Waals surface area contributed by atoms with Crippen molar-refractivity contribution in [3.63, 3.8) is 0 Å². The lowest BCUT2D eigenvalue weighted by atomic mass is 9.74. The predicted molar refractivity (Wildman–Crippen MR) is 106 cm³/mol. The second kappa shape index (κ2) is 7.16. The summed E-state index contributed by atoms with van der Waals surface area (Å²) in [4.78, 5) is 38.9. The number of hydrogen-bond donors (Lipinski definition) is 1. The van der Waals surface area contributed by atoms with Crippen molar-refractivity contribution in [2.45, 2.75) is 20.8 Å². The fourth-order valence-corrected chi connectivity index (χ4v) is 3.31. The number of rotatable bonds is 2. The van der Waals surface area contributed by atoms with Crippen LogP contribution in [0, 0.1) is 21.4 Å². The van der Waals surface area contributed by atoms with E-state index in [9.17, 15) is 19.7 Å². The molecule has 3 rings (SSSR count). The number of aliphatic imine (C=N–C) groups is 1. The number of nitro groups is 1. The van der Waals surface area contributed by atoms with E-state index < -0.39 is 10.8 Å². The normalized spacial score (nSPS) is 20.2. The van der Waals surface area contributed by atoms with Crippen molar-refractivity contribution in [3.8, 4) is 0 Å². The first-order valence-corrected chi connectivity index (χ1v) is 8.94. The maximum atomic E-state index is 12.5. The molecule has 1 heterocycles. The lowest BCUT2D eigenvalue weighted by Crippen LogP contribution is -2.36. The summed E-state index contributed by atoms with van der Waals surface area (Å²) in [6.45, 7) is 6.08. The average Bonchev–Trinajstić information content (AvgIpc) is 2.60. The second-order valence-electron chi connectivity index (χ2n) is 7.54. The van der Waals surface area contributed by atoms with Crippen molar-refractivity contribution < 1.29 is 14.5 Å². The van der Waals surface area contributed by atoms with E-state index in [1.807, 2.05) is 26.8 Å². The largest absolute Gasteiger partial charge is 0.325 e. The molecule has 2 aliphatic rings. The van der Waals surface area contributed by atoms with Gasteiger partial charge in [0.15, 0.2) is 0 Å². The minimum absolute atomic E-state index is 0.0553. The number of carbonyl (C=O) groups excluding carboxylic acids is 2. The third kappa shape index (κ3) is 3.94. The van der Waals surface area contributed by atoms with Crippen molar-refractivity contribution in [1.82, 2.24) is 5.32 Å². The molecule has 1 aliphatic heterocycles. The summed E-state index contributed by atoms with van der Waals surface area (Å²) in [6, 6.07) is 3.61.